The highest BCUT2D eigenvalue weighted by Gasteiger charge is 2.35. The molecule has 25 heavy (non-hydrogen) atoms. The van der Waals surface area contributed by atoms with Gasteiger partial charge in [0.1, 0.15) is 6.10 Å². The number of aryl methyl sites for hydroxylation is 1. The Balaban J connectivity index is 1.60. The number of amides is 1. The van der Waals surface area contributed by atoms with Gasteiger partial charge >= 0.3 is 0 Å². The van der Waals surface area contributed by atoms with Gasteiger partial charge in [0.15, 0.2) is 0 Å². The van der Waals surface area contributed by atoms with Gasteiger partial charge in [-0.25, -0.2) is 0 Å². The fraction of sp³-hybridized carbons (Fsp3) is 0.591. The largest absolute Gasteiger partial charge is 0.368 e. The molecule has 0 N–H and O–H groups in total. The van der Waals surface area contributed by atoms with Crippen molar-refractivity contribution < 1.29 is 9.53 Å². The fourth-order valence-corrected chi connectivity index (χ4v) is 4.68. The maximum Gasteiger partial charge on any atom is 0.252 e. The number of ether oxygens (including phenoxy) is 1. The van der Waals surface area contributed by atoms with E-state index >= 15 is 0 Å². The van der Waals surface area contributed by atoms with E-state index < -0.39 is 0 Å². The Hall–Kier alpha value is -1.61. The van der Waals surface area contributed by atoms with Gasteiger partial charge in [0.2, 0.25) is 0 Å². The van der Waals surface area contributed by atoms with Crippen LogP contribution < -0.4 is 0 Å². The van der Waals surface area contributed by atoms with Crippen LogP contribution in [0.5, 0.6) is 0 Å². The van der Waals surface area contributed by atoms with Crippen LogP contribution in [0.4, 0.5) is 0 Å². The Morgan fingerprint density at radius 3 is 2.84 bits per heavy atom. The summed E-state index contributed by atoms with van der Waals surface area (Å²) < 4.78 is 5.76. The topological polar surface area (TPSA) is 29.5 Å². The van der Waals surface area contributed by atoms with E-state index in [4.69, 9.17) is 4.74 Å². The molecule has 1 aliphatic heterocycles. The third-order valence-corrected chi connectivity index (χ3v) is 6.03. The summed E-state index contributed by atoms with van der Waals surface area (Å²) in [7, 11) is 0. The van der Waals surface area contributed by atoms with Crippen molar-refractivity contribution in [3.8, 4) is 0 Å². The van der Waals surface area contributed by atoms with Crippen molar-refractivity contribution >= 4 is 5.91 Å². The van der Waals surface area contributed by atoms with E-state index in [1.54, 1.807) is 0 Å². The van der Waals surface area contributed by atoms with Crippen LogP contribution in [-0.4, -0.2) is 30.1 Å². The zero-order valence-corrected chi connectivity index (χ0v) is 15.0. The number of rotatable bonds is 4. The molecule has 1 heterocycles. The number of carbonyl (C=O) groups excluding carboxylic acids is 1. The van der Waals surface area contributed by atoms with Gasteiger partial charge in [-0.15, -0.1) is 0 Å². The molecule has 3 nitrogen and oxygen atoms in total. The van der Waals surface area contributed by atoms with Crippen molar-refractivity contribution in [2.75, 3.05) is 13.2 Å². The summed E-state index contributed by atoms with van der Waals surface area (Å²) in [5, 5.41) is 0. The van der Waals surface area contributed by atoms with Gasteiger partial charge in [-0.3, -0.25) is 4.79 Å². The van der Waals surface area contributed by atoms with Crippen LogP contribution in [0.15, 0.2) is 36.4 Å². The normalized spacial score (nSPS) is 28.6. The molecular formula is C22H29NO2. The molecular weight excluding hydrogens is 310 g/mol. The summed E-state index contributed by atoms with van der Waals surface area (Å²) in [5.74, 6) is 0.818. The maximum absolute atomic E-state index is 13.3. The number of fused-ring (bicyclic) bond motifs is 1. The third kappa shape index (κ3) is 3.67. The summed E-state index contributed by atoms with van der Waals surface area (Å²) in [6.45, 7) is 1.61. The molecule has 1 aromatic carbocycles. The minimum Gasteiger partial charge on any atom is -0.368 e. The van der Waals surface area contributed by atoms with E-state index in [9.17, 15) is 4.79 Å². The predicted octanol–water partition coefficient (Wildman–Crippen LogP) is 4.43. The molecule has 3 unspecified atom stereocenters. The van der Waals surface area contributed by atoms with Crippen LogP contribution in [0.1, 0.15) is 62.1 Å². The molecule has 1 saturated heterocycles. The van der Waals surface area contributed by atoms with Crippen molar-refractivity contribution in [3.05, 3.63) is 47.5 Å². The number of benzene rings is 1. The number of carbonyl (C=O) groups is 1. The number of hydrogen-bond donors (Lipinski definition) is 0. The van der Waals surface area contributed by atoms with Crippen molar-refractivity contribution in [1.29, 1.82) is 0 Å². The highest BCUT2D eigenvalue weighted by Crippen LogP contribution is 2.36. The molecule has 0 radical (unpaired) electrons. The highest BCUT2D eigenvalue weighted by atomic mass is 16.5. The van der Waals surface area contributed by atoms with Crippen LogP contribution in [-0.2, 0) is 16.0 Å². The molecule has 0 saturated carbocycles. The summed E-state index contributed by atoms with van der Waals surface area (Å²) >= 11 is 0. The Morgan fingerprint density at radius 2 is 2.04 bits per heavy atom. The first-order chi connectivity index (χ1) is 12.3. The van der Waals surface area contributed by atoms with Crippen LogP contribution in [0.2, 0.25) is 0 Å². The molecule has 134 valence electrons. The molecule has 0 bridgehead atoms. The smallest absolute Gasteiger partial charge is 0.252 e. The second-order valence-corrected chi connectivity index (χ2v) is 7.75. The first-order valence-corrected chi connectivity index (χ1v) is 9.98. The Bertz CT molecular complexity index is 633. The lowest BCUT2D eigenvalue weighted by atomic mass is 9.85. The summed E-state index contributed by atoms with van der Waals surface area (Å²) in [5.41, 5.74) is 2.79. The fourth-order valence-electron chi connectivity index (χ4n) is 4.68. The lowest BCUT2D eigenvalue weighted by molar-refractivity contribution is -0.144. The number of nitrogens with zero attached hydrogens (tertiary/aromatic N) is 1. The molecule has 1 amide bonds. The Labute approximate surface area is 151 Å². The molecule has 0 spiro atoms. The Morgan fingerprint density at radius 1 is 1.12 bits per heavy atom. The molecule has 3 heteroatoms. The van der Waals surface area contributed by atoms with Gasteiger partial charge in [-0.05, 0) is 68.4 Å². The molecule has 3 aliphatic rings. The number of hydrogen-bond acceptors (Lipinski definition) is 2. The van der Waals surface area contributed by atoms with Gasteiger partial charge in [0.05, 0.1) is 6.04 Å². The quantitative estimate of drug-likeness (QED) is 0.760. The van der Waals surface area contributed by atoms with Crippen molar-refractivity contribution in [2.24, 2.45) is 5.92 Å². The minimum atomic E-state index is -0.215. The van der Waals surface area contributed by atoms with Gasteiger partial charge in [-0.2, -0.15) is 0 Å². The molecule has 1 fully saturated rings. The van der Waals surface area contributed by atoms with Crippen molar-refractivity contribution in [1.82, 2.24) is 4.90 Å². The summed E-state index contributed by atoms with van der Waals surface area (Å²) in [6, 6.07) is 8.94. The molecule has 4 rings (SSSR count). The van der Waals surface area contributed by atoms with Crippen LogP contribution in [0.25, 0.3) is 0 Å². The van der Waals surface area contributed by atoms with Crippen LogP contribution >= 0.6 is 0 Å². The van der Waals surface area contributed by atoms with Gasteiger partial charge in [0.25, 0.3) is 5.91 Å². The lowest BCUT2D eigenvalue weighted by Crippen LogP contribution is -2.45. The standard InChI is InChI=1S/C22H29NO2/c24-22(21-14-7-15-25-21)23(16-17-8-2-1-3-9-17)20-13-6-11-18-10-4-5-12-19(18)20/h1-2,4-5,10,12,17,20-21H,3,6-9,11,13-16H2. The molecule has 2 aliphatic carbocycles. The zero-order chi connectivity index (χ0) is 17.1. The third-order valence-electron chi connectivity index (χ3n) is 6.03. The van der Waals surface area contributed by atoms with Gasteiger partial charge < -0.3 is 9.64 Å². The van der Waals surface area contributed by atoms with E-state index in [2.05, 4.69) is 41.3 Å². The van der Waals surface area contributed by atoms with E-state index in [-0.39, 0.29) is 18.1 Å². The van der Waals surface area contributed by atoms with Crippen molar-refractivity contribution in [3.63, 3.8) is 0 Å². The summed E-state index contributed by atoms with van der Waals surface area (Å²) in [6.07, 6.45) is 13.1. The van der Waals surface area contributed by atoms with Crippen LogP contribution in [0.3, 0.4) is 0 Å². The van der Waals surface area contributed by atoms with E-state index in [1.807, 2.05) is 0 Å². The average molecular weight is 339 g/mol. The minimum absolute atomic E-state index is 0.215. The predicted molar refractivity (Wildman–Crippen MR) is 99.3 cm³/mol. The lowest BCUT2D eigenvalue weighted by Gasteiger charge is -2.39. The zero-order valence-electron chi connectivity index (χ0n) is 15.0. The first-order valence-electron chi connectivity index (χ1n) is 9.98. The molecule has 3 atom stereocenters. The second kappa shape index (κ2) is 7.74. The Kier molecular flexibility index (Phi) is 5.21. The maximum atomic E-state index is 13.3. The average Bonchev–Trinajstić information content (AvgIpc) is 3.21. The molecule has 0 aromatic heterocycles. The van der Waals surface area contributed by atoms with Gasteiger partial charge in [-0.1, -0.05) is 36.4 Å². The monoisotopic (exact) mass is 339 g/mol. The number of allylic oxidation sites excluding steroid dienone is 2. The summed E-state index contributed by atoms with van der Waals surface area (Å²) in [4.78, 5) is 15.5. The highest BCUT2D eigenvalue weighted by molar-refractivity contribution is 5.81. The second-order valence-electron chi connectivity index (χ2n) is 7.75. The van der Waals surface area contributed by atoms with Gasteiger partial charge in [0, 0.05) is 13.2 Å². The van der Waals surface area contributed by atoms with E-state index in [1.165, 1.54) is 24.0 Å². The van der Waals surface area contributed by atoms with Crippen LogP contribution in [0, 0.1) is 5.92 Å². The van der Waals surface area contributed by atoms with E-state index in [0.29, 0.717) is 5.92 Å². The SMILES string of the molecule is O=C(C1CCCO1)N(CC1CC=CCC1)C1CCCc2ccccc21. The van der Waals surface area contributed by atoms with E-state index in [0.717, 1.165) is 51.7 Å². The first kappa shape index (κ1) is 16.8. The molecule has 1 aromatic rings. The van der Waals surface area contributed by atoms with Crippen molar-refractivity contribution in [2.45, 2.75) is 63.5 Å².